The minimum Gasteiger partial charge on any atom is -0.321 e. The van der Waals surface area contributed by atoms with Gasteiger partial charge in [0.1, 0.15) is 5.82 Å². The predicted octanol–water partition coefficient (Wildman–Crippen LogP) is 2.55. The molecule has 0 unspecified atom stereocenters. The summed E-state index contributed by atoms with van der Waals surface area (Å²) in [6, 6.07) is 3.64. The third kappa shape index (κ3) is 1.48. The average molecular weight is 194 g/mol. The molecule has 0 saturated heterocycles. The van der Waals surface area contributed by atoms with Crippen molar-refractivity contribution in [2.75, 3.05) is 5.43 Å². The maximum atomic E-state index is 13.6. The lowest BCUT2D eigenvalue weighted by Crippen LogP contribution is -2.12. The van der Waals surface area contributed by atoms with Crippen LogP contribution in [0.25, 0.3) is 0 Å². The molecule has 0 saturated carbocycles. The number of halogens is 1. The van der Waals surface area contributed by atoms with E-state index >= 15 is 0 Å². The van der Waals surface area contributed by atoms with Crippen LogP contribution in [0, 0.1) is 5.82 Å². The van der Waals surface area contributed by atoms with Crippen LogP contribution in [0.3, 0.4) is 0 Å². The number of anilines is 1. The minimum absolute atomic E-state index is 0.0138. The van der Waals surface area contributed by atoms with E-state index in [0.29, 0.717) is 6.54 Å². The second-order valence-corrected chi connectivity index (χ2v) is 4.71. The van der Waals surface area contributed by atoms with Crippen LogP contribution in [-0.2, 0) is 12.0 Å². The lowest BCUT2D eigenvalue weighted by atomic mass is 9.86. The number of fused-ring (bicyclic) bond motifs is 1. The van der Waals surface area contributed by atoms with E-state index in [9.17, 15) is 4.39 Å². The van der Waals surface area contributed by atoms with E-state index in [0.717, 1.165) is 16.8 Å². The Labute approximate surface area is 83.5 Å². The summed E-state index contributed by atoms with van der Waals surface area (Å²) in [5.74, 6) is -0.120. The summed E-state index contributed by atoms with van der Waals surface area (Å²) in [7, 11) is 0. The molecule has 1 aromatic rings. The molecule has 1 aliphatic heterocycles. The van der Waals surface area contributed by atoms with Crippen LogP contribution in [0.1, 0.15) is 31.9 Å². The summed E-state index contributed by atoms with van der Waals surface area (Å²) in [5, 5.41) is 0. The fourth-order valence-electron chi connectivity index (χ4n) is 1.59. The van der Waals surface area contributed by atoms with E-state index in [2.05, 4.69) is 31.6 Å². The molecule has 14 heavy (non-hydrogen) atoms. The summed E-state index contributed by atoms with van der Waals surface area (Å²) in [6.07, 6.45) is 0. The molecule has 0 fully saturated rings. The zero-order valence-corrected chi connectivity index (χ0v) is 8.74. The second kappa shape index (κ2) is 2.95. The van der Waals surface area contributed by atoms with Crippen LogP contribution >= 0.6 is 0 Å². The van der Waals surface area contributed by atoms with Gasteiger partial charge < -0.3 is 5.43 Å². The normalized spacial score (nSPS) is 15.1. The molecule has 0 radical (unpaired) electrons. The van der Waals surface area contributed by atoms with Crippen LogP contribution in [0.5, 0.6) is 0 Å². The van der Waals surface area contributed by atoms with Gasteiger partial charge in [0.15, 0.2) is 0 Å². The molecule has 76 valence electrons. The zero-order chi connectivity index (χ0) is 10.3. The fraction of sp³-hybridized carbons (Fsp3) is 0.455. The largest absolute Gasteiger partial charge is 0.321 e. The van der Waals surface area contributed by atoms with Crippen molar-refractivity contribution in [3.8, 4) is 0 Å². The average Bonchev–Trinajstić information content (AvgIpc) is 2.50. The predicted molar refractivity (Wildman–Crippen MR) is 55.6 cm³/mol. The van der Waals surface area contributed by atoms with E-state index in [4.69, 9.17) is 0 Å². The van der Waals surface area contributed by atoms with Crippen molar-refractivity contribution in [1.82, 2.24) is 5.43 Å². The van der Waals surface area contributed by atoms with Crippen molar-refractivity contribution in [2.24, 2.45) is 0 Å². The first-order valence-electron chi connectivity index (χ1n) is 4.80. The lowest BCUT2D eigenvalue weighted by Gasteiger charge is -2.20. The first-order chi connectivity index (χ1) is 6.48. The summed E-state index contributed by atoms with van der Waals surface area (Å²) in [5.41, 5.74) is 8.49. The summed E-state index contributed by atoms with van der Waals surface area (Å²) in [4.78, 5) is 0. The molecule has 3 heteroatoms. The molecule has 1 aliphatic rings. The molecule has 1 heterocycles. The Morgan fingerprint density at radius 3 is 2.64 bits per heavy atom. The van der Waals surface area contributed by atoms with Crippen LogP contribution in [0.15, 0.2) is 12.1 Å². The highest BCUT2D eigenvalue weighted by atomic mass is 19.1. The van der Waals surface area contributed by atoms with E-state index in [1.54, 1.807) is 6.07 Å². The van der Waals surface area contributed by atoms with Gasteiger partial charge in [-0.15, -0.1) is 0 Å². The molecule has 2 nitrogen and oxygen atoms in total. The van der Waals surface area contributed by atoms with Gasteiger partial charge in [0.25, 0.3) is 0 Å². The molecular weight excluding hydrogens is 179 g/mol. The molecule has 0 aliphatic carbocycles. The Hall–Kier alpha value is -1.09. The molecule has 2 N–H and O–H groups in total. The number of hydrogen-bond acceptors (Lipinski definition) is 2. The topological polar surface area (TPSA) is 24.1 Å². The Morgan fingerprint density at radius 2 is 2.00 bits per heavy atom. The van der Waals surface area contributed by atoms with E-state index in [-0.39, 0.29) is 11.2 Å². The number of benzene rings is 1. The Bertz CT molecular complexity index is 366. The van der Waals surface area contributed by atoms with Crippen molar-refractivity contribution in [3.05, 3.63) is 29.1 Å². The van der Waals surface area contributed by atoms with Crippen LogP contribution in [0.4, 0.5) is 10.1 Å². The highest BCUT2D eigenvalue weighted by Gasteiger charge is 2.21. The Morgan fingerprint density at radius 1 is 1.29 bits per heavy atom. The number of rotatable bonds is 0. The highest BCUT2D eigenvalue weighted by Crippen LogP contribution is 2.30. The van der Waals surface area contributed by atoms with E-state index in [1.165, 1.54) is 0 Å². The minimum atomic E-state index is -0.120. The molecular formula is C11H15FN2. The van der Waals surface area contributed by atoms with Gasteiger partial charge in [0.2, 0.25) is 0 Å². The van der Waals surface area contributed by atoms with Crippen molar-refractivity contribution >= 4 is 5.69 Å². The number of hydrazine groups is 1. The standard InChI is InChI=1S/C11H15FN2/c1-11(2,3)7-4-9(12)8-6-13-14-10(8)5-7/h4-5,13-14H,6H2,1-3H3. The van der Waals surface area contributed by atoms with Gasteiger partial charge >= 0.3 is 0 Å². The van der Waals surface area contributed by atoms with E-state index in [1.807, 2.05) is 6.07 Å². The highest BCUT2D eigenvalue weighted by molar-refractivity contribution is 5.57. The van der Waals surface area contributed by atoms with Gasteiger partial charge in [-0.05, 0) is 23.1 Å². The Balaban J connectivity index is 2.52. The van der Waals surface area contributed by atoms with Gasteiger partial charge in [0.05, 0.1) is 5.69 Å². The van der Waals surface area contributed by atoms with Gasteiger partial charge in [-0.2, -0.15) is 0 Å². The maximum absolute atomic E-state index is 13.6. The van der Waals surface area contributed by atoms with Gasteiger partial charge in [-0.3, -0.25) is 0 Å². The first-order valence-corrected chi connectivity index (χ1v) is 4.80. The molecule has 0 amide bonds. The lowest BCUT2D eigenvalue weighted by molar-refractivity contribution is 0.568. The molecule has 0 atom stereocenters. The quantitative estimate of drug-likeness (QED) is 0.663. The molecule has 0 spiro atoms. The van der Waals surface area contributed by atoms with Crippen LogP contribution in [-0.4, -0.2) is 0 Å². The summed E-state index contributed by atoms with van der Waals surface area (Å²) < 4.78 is 13.6. The third-order valence-corrected chi connectivity index (χ3v) is 2.55. The molecule has 2 rings (SSSR count). The van der Waals surface area contributed by atoms with Gasteiger partial charge in [-0.1, -0.05) is 20.8 Å². The SMILES string of the molecule is CC(C)(C)c1cc(F)c2c(c1)NNC2. The second-order valence-electron chi connectivity index (χ2n) is 4.71. The van der Waals surface area contributed by atoms with Crippen LogP contribution < -0.4 is 10.9 Å². The van der Waals surface area contributed by atoms with Crippen molar-refractivity contribution in [3.63, 3.8) is 0 Å². The van der Waals surface area contributed by atoms with Gasteiger partial charge in [0, 0.05) is 12.1 Å². The van der Waals surface area contributed by atoms with Gasteiger partial charge in [-0.25, -0.2) is 9.82 Å². The zero-order valence-electron chi connectivity index (χ0n) is 8.74. The van der Waals surface area contributed by atoms with Crippen molar-refractivity contribution in [1.29, 1.82) is 0 Å². The van der Waals surface area contributed by atoms with Crippen molar-refractivity contribution < 1.29 is 4.39 Å². The number of nitrogens with one attached hydrogen (secondary N) is 2. The Kier molecular flexibility index (Phi) is 2.00. The first kappa shape index (κ1) is 9.46. The maximum Gasteiger partial charge on any atom is 0.130 e. The van der Waals surface area contributed by atoms with Crippen molar-refractivity contribution in [2.45, 2.75) is 32.7 Å². The molecule has 1 aromatic carbocycles. The smallest absolute Gasteiger partial charge is 0.130 e. The summed E-state index contributed by atoms with van der Waals surface area (Å²) >= 11 is 0. The third-order valence-electron chi connectivity index (χ3n) is 2.55. The van der Waals surface area contributed by atoms with E-state index < -0.39 is 0 Å². The fourth-order valence-corrected chi connectivity index (χ4v) is 1.59. The monoisotopic (exact) mass is 194 g/mol. The molecule has 0 bridgehead atoms. The number of hydrogen-bond donors (Lipinski definition) is 2. The van der Waals surface area contributed by atoms with Crippen LogP contribution in [0.2, 0.25) is 0 Å². The summed E-state index contributed by atoms with van der Waals surface area (Å²) in [6.45, 7) is 6.80. The molecule has 0 aromatic heterocycles.